The number of halogens is 4. The van der Waals surface area contributed by atoms with E-state index < -0.39 is 39.2 Å². The Morgan fingerprint density at radius 2 is 1.96 bits per heavy atom. The van der Waals surface area contributed by atoms with Crippen molar-refractivity contribution < 1.29 is 30.4 Å². The predicted molar refractivity (Wildman–Crippen MR) is 86.4 cm³/mol. The van der Waals surface area contributed by atoms with Crippen molar-refractivity contribution in [2.45, 2.75) is 10.4 Å². The number of nitrogens with zero attached hydrogens (tertiary/aromatic N) is 1. The lowest BCUT2D eigenvalue weighted by atomic mass is 10.1. The van der Waals surface area contributed by atoms with Crippen LogP contribution in [0.1, 0.15) is 5.56 Å². The molecule has 0 spiro atoms. The summed E-state index contributed by atoms with van der Waals surface area (Å²) in [4.78, 5) is 3.69. The van der Waals surface area contributed by atoms with Crippen LogP contribution in [0.2, 0.25) is 0 Å². The summed E-state index contributed by atoms with van der Waals surface area (Å²) in [6.45, 7) is 0. The number of benzene rings is 1. The van der Waals surface area contributed by atoms with Gasteiger partial charge in [0.25, 0.3) is 10.0 Å². The van der Waals surface area contributed by atoms with E-state index >= 15 is 0 Å². The lowest BCUT2D eigenvalue weighted by Gasteiger charge is -2.08. The molecule has 0 aliphatic heterocycles. The number of nitrogens with one attached hydrogen (secondary N) is 1. The molecule has 3 rings (SSSR count). The third kappa shape index (κ3) is 3.65. The number of hydrogen-bond acceptors (Lipinski definition) is 6. The maximum Gasteiger partial charge on any atom is 0.416 e. The molecule has 6 nitrogen and oxygen atoms in total. The first-order valence-corrected chi connectivity index (χ1v) is 9.12. The summed E-state index contributed by atoms with van der Waals surface area (Å²) in [6, 6.07) is 2.48. The van der Waals surface area contributed by atoms with Gasteiger partial charge in [-0.25, -0.2) is 17.5 Å². The number of oxazole rings is 1. The fourth-order valence-corrected chi connectivity index (χ4v) is 3.99. The molecular formula is C14H9F4N3O3S2. The van der Waals surface area contributed by atoms with Crippen LogP contribution in [0.15, 0.2) is 44.5 Å². The van der Waals surface area contributed by atoms with Crippen LogP contribution >= 0.6 is 11.3 Å². The smallest absolute Gasteiger partial charge is 0.416 e. The van der Waals surface area contributed by atoms with Gasteiger partial charge in [-0.2, -0.15) is 18.2 Å². The molecule has 0 fully saturated rings. The second kappa shape index (κ2) is 6.29. The third-order valence-corrected chi connectivity index (χ3v) is 5.93. The molecule has 2 aromatic heterocycles. The van der Waals surface area contributed by atoms with Gasteiger partial charge in [-0.3, -0.25) is 0 Å². The van der Waals surface area contributed by atoms with E-state index in [-0.39, 0.29) is 15.6 Å². The first-order valence-electron chi connectivity index (χ1n) is 6.76. The Bertz CT molecular complexity index is 1060. The minimum Gasteiger partial charge on any atom is -0.431 e. The van der Waals surface area contributed by atoms with E-state index in [1.165, 1.54) is 11.4 Å². The highest BCUT2D eigenvalue weighted by atomic mass is 32.2. The zero-order valence-electron chi connectivity index (χ0n) is 12.5. The quantitative estimate of drug-likeness (QED) is 0.639. The van der Waals surface area contributed by atoms with Gasteiger partial charge in [0.15, 0.2) is 0 Å². The van der Waals surface area contributed by atoms with Crippen molar-refractivity contribution in [1.82, 2.24) is 4.98 Å². The van der Waals surface area contributed by atoms with Crippen molar-refractivity contribution >= 4 is 33.1 Å². The molecule has 0 amide bonds. The number of alkyl halides is 3. The average Bonchev–Trinajstić information content (AvgIpc) is 3.15. The molecule has 3 N–H and O–H groups in total. The predicted octanol–water partition coefficient (Wildman–Crippen LogP) is 3.94. The second-order valence-corrected chi connectivity index (χ2v) is 7.86. The number of nitrogens with two attached hydrogens (primary N) is 1. The third-order valence-electron chi connectivity index (χ3n) is 3.16. The number of anilines is 2. The van der Waals surface area contributed by atoms with Gasteiger partial charge in [0, 0.05) is 16.6 Å². The maximum absolute atomic E-state index is 13.9. The van der Waals surface area contributed by atoms with Crippen molar-refractivity contribution in [3.63, 3.8) is 0 Å². The van der Waals surface area contributed by atoms with Crippen LogP contribution in [-0.2, 0) is 16.2 Å². The van der Waals surface area contributed by atoms with Crippen LogP contribution in [0.4, 0.5) is 29.3 Å². The van der Waals surface area contributed by atoms with E-state index in [2.05, 4.69) is 4.98 Å². The van der Waals surface area contributed by atoms with Gasteiger partial charge in [-0.05, 0) is 24.3 Å². The molecule has 0 atom stereocenters. The number of sulfonamides is 1. The largest absolute Gasteiger partial charge is 0.431 e. The van der Waals surface area contributed by atoms with Gasteiger partial charge in [0.1, 0.15) is 22.0 Å². The molecule has 0 saturated carbocycles. The Morgan fingerprint density at radius 3 is 2.58 bits per heavy atom. The Hall–Kier alpha value is -2.60. The highest BCUT2D eigenvalue weighted by molar-refractivity contribution is 7.94. The van der Waals surface area contributed by atoms with Crippen LogP contribution in [0, 0.1) is 5.82 Å². The van der Waals surface area contributed by atoms with Gasteiger partial charge >= 0.3 is 12.2 Å². The summed E-state index contributed by atoms with van der Waals surface area (Å²) in [5.74, 6) is -0.966. The summed E-state index contributed by atoms with van der Waals surface area (Å²) in [6.07, 6.45) is -3.82. The highest BCUT2D eigenvalue weighted by Crippen LogP contribution is 2.34. The zero-order valence-corrected chi connectivity index (χ0v) is 14.2. The van der Waals surface area contributed by atoms with E-state index in [9.17, 15) is 26.0 Å². The normalized spacial score (nSPS) is 12.3. The fourth-order valence-electron chi connectivity index (χ4n) is 1.98. The van der Waals surface area contributed by atoms with Crippen LogP contribution in [0.25, 0.3) is 11.3 Å². The van der Waals surface area contributed by atoms with Crippen molar-refractivity contribution in [3.05, 3.63) is 47.3 Å². The van der Waals surface area contributed by atoms with E-state index in [0.29, 0.717) is 18.2 Å². The molecule has 138 valence electrons. The molecule has 0 aliphatic carbocycles. The number of aromatic nitrogens is 1. The summed E-state index contributed by atoms with van der Waals surface area (Å²) in [7, 11) is -4.04. The average molecular weight is 407 g/mol. The molecule has 0 bridgehead atoms. The van der Waals surface area contributed by atoms with Crippen LogP contribution in [0.3, 0.4) is 0 Å². The lowest BCUT2D eigenvalue weighted by Crippen LogP contribution is -2.11. The minimum atomic E-state index is -4.67. The summed E-state index contributed by atoms with van der Waals surface area (Å²) >= 11 is 0.856. The van der Waals surface area contributed by atoms with Gasteiger partial charge in [0.2, 0.25) is 0 Å². The standard InChI is InChI=1S/C14H9F4N3O3S2/c15-10-2-1-7(14(16,17)18)3-9(10)11-5-24-13(20-11)21-26(22,23)12-4-8(19)6-25-12/h1-6H,19H2,(H,20,21). The van der Waals surface area contributed by atoms with Gasteiger partial charge in [-0.15, -0.1) is 11.3 Å². The summed E-state index contributed by atoms with van der Waals surface area (Å²) in [5, 5.41) is 1.41. The molecule has 0 aliphatic rings. The Balaban J connectivity index is 1.91. The number of hydrogen-bond donors (Lipinski definition) is 2. The van der Waals surface area contributed by atoms with E-state index in [0.717, 1.165) is 17.6 Å². The molecular weight excluding hydrogens is 398 g/mol. The Labute approximate surface area is 148 Å². The maximum atomic E-state index is 13.9. The fraction of sp³-hybridized carbons (Fsp3) is 0.0714. The molecule has 26 heavy (non-hydrogen) atoms. The highest BCUT2D eigenvalue weighted by Gasteiger charge is 2.31. The van der Waals surface area contributed by atoms with Gasteiger partial charge in [-0.1, -0.05) is 0 Å². The lowest BCUT2D eigenvalue weighted by molar-refractivity contribution is -0.137. The van der Waals surface area contributed by atoms with Crippen molar-refractivity contribution in [3.8, 4) is 11.3 Å². The first kappa shape index (κ1) is 18.2. The SMILES string of the molecule is Nc1csc(S(=O)(=O)Nc2nc(-c3cc(C(F)(F)F)ccc3F)co2)c1. The Morgan fingerprint density at radius 1 is 1.23 bits per heavy atom. The number of thiophene rings is 1. The molecule has 1 aromatic carbocycles. The van der Waals surface area contributed by atoms with Crippen LogP contribution < -0.4 is 10.5 Å². The summed E-state index contributed by atoms with van der Waals surface area (Å²) in [5.41, 5.74) is 3.86. The number of nitrogen functional groups attached to an aromatic ring is 1. The Kier molecular flexibility index (Phi) is 4.40. The van der Waals surface area contributed by atoms with Crippen LogP contribution in [0.5, 0.6) is 0 Å². The molecule has 0 unspecified atom stereocenters. The van der Waals surface area contributed by atoms with Crippen molar-refractivity contribution in [1.29, 1.82) is 0 Å². The van der Waals surface area contributed by atoms with E-state index in [1.807, 2.05) is 4.72 Å². The second-order valence-electron chi connectivity index (χ2n) is 5.03. The monoisotopic (exact) mass is 407 g/mol. The van der Waals surface area contributed by atoms with Gasteiger partial charge < -0.3 is 10.2 Å². The number of rotatable bonds is 4. The zero-order chi connectivity index (χ0) is 19.1. The van der Waals surface area contributed by atoms with Crippen molar-refractivity contribution in [2.24, 2.45) is 0 Å². The molecule has 0 radical (unpaired) electrons. The van der Waals surface area contributed by atoms with E-state index in [4.69, 9.17) is 10.2 Å². The van der Waals surface area contributed by atoms with Crippen LogP contribution in [-0.4, -0.2) is 13.4 Å². The van der Waals surface area contributed by atoms with Gasteiger partial charge in [0.05, 0.1) is 5.56 Å². The molecule has 3 aromatic rings. The minimum absolute atomic E-state index is 0.111. The molecule has 12 heteroatoms. The summed E-state index contributed by atoms with van der Waals surface area (Å²) < 4.78 is 83.2. The molecule has 0 saturated heterocycles. The van der Waals surface area contributed by atoms with E-state index in [1.54, 1.807) is 0 Å². The van der Waals surface area contributed by atoms with Crippen molar-refractivity contribution in [2.75, 3.05) is 10.5 Å². The first-order chi connectivity index (χ1) is 12.1. The topological polar surface area (TPSA) is 98.2 Å². The molecule has 2 heterocycles.